The molecule has 1 aromatic heterocycles. The van der Waals surface area contributed by atoms with Gasteiger partial charge in [0.15, 0.2) is 0 Å². The molecule has 108 valence electrons. The maximum absolute atomic E-state index is 11.8. The van der Waals surface area contributed by atoms with Gasteiger partial charge >= 0.3 is 0 Å². The van der Waals surface area contributed by atoms with Gasteiger partial charge in [-0.2, -0.15) is 0 Å². The first-order valence-corrected chi connectivity index (χ1v) is 8.55. The average Bonchev–Trinajstić information content (AvgIpc) is 2.73. The van der Waals surface area contributed by atoms with Gasteiger partial charge in [-0.1, -0.05) is 0 Å². The quantitative estimate of drug-likeness (QED) is 0.806. The molecule has 0 fully saturated rings. The Hall–Kier alpha value is -0.950. The van der Waals surface area contributed by atoms with Gasteiger partial charge in [-0.25, -0.2) is 17.7 Å². The van der Waals surface area contributed by atoms with Gasteiger partial charge in [-0.15, -0.1) is 11.3 Å². The van der Waals surface area contributed by atoms with E-state index in [9.17, 15) is 13.2 Å². The molecule has 0 aromatic carbocycles. The van der Waals surface area contributed by atoms with Crippen LogP contribution in [0.1, 0.15) is 37.4 Å². The fraction of sp³-hybridized carbons (Fsp3) is 0.667. The van der Waals surface area contributed by atoms with Crippen molar-refractivity contribution in [3.05, 3.63) is 16.1 Å². The SMILES string of the molecule is Cc1nc(CCCC(=O)N(C)S(=O)(=O)C(C)C)cs1. The fourth-order valence-corrected chi connectivity index (χ4v) is 3.21. The molecule has 0 saturated heterocycles. The van der Waals surface area contributed by atoms with Crippen LogP contribution in [0.4, 0.5) is 0 Å². The zero-order chi connectivity index (χ0) is 14.6. The predicted octanol–water partition coefficient (Wildman–Crippen LogP) is 1.97. The van der Waals surface area contributed by atoms with Crippen molar-refractivity contribution < 1.29 is 13.2 Å². The molecular weight excluding hydrogens is 284 g/mol. The van der Waals surface area contributed by atoms with Crippen molar-refractivity contribution in [1.82, 2.24) is 9.29 Å². The molecule has 0 aliphatic heterocycles. The molecule has 0 bridgehead atoms. The topological polar surface area (TPSA) is 67.3 Å². The lowest BCUT2D eigenvalue weighted by atomic mass is 10.2. The van der Waals surface area contributed by atoms with Gasteiger partial charge in [0.1, 0.15) is 0 Å². The second-order valence-electron chi connectivity index (χ2n) is 4.67. The number of carbonyl (C=O) groups excluding carboxylic acids is 1. The molecule has 19 heavy (non-hydrogen) atoms. The Kier molecular flexibility index (Phi) is 5.49. The molecule has 0 radical (unpaired) electrons. The number of thiazole rings is 1. The van der Waals surface area contributed by atoms with Crippen molar-refractivity contribution in [2.75, 3.05) is 7.05 Å². The molecule has 0 unspecified atom stereocenters. The summed E-state index contributed by atoms with van der Waals surface area (Å²) in [6.45, 7) is 5.07. The van der Waals surface area contributed by atoms with Crippen molar-refractivity contribution in [3.63, 3.8) is 0 Å². The highest BCUT2D eigenvalue weighted by molar-refractivity contribution is 7.90. The first-order chi connectivity index (χ1) is 8.75. The summed E-state index contributed by atoms with van der Waals surface area (Å²) in [7, 11) is -2.17. The summed E-state index contributed by atoms with van der Waals surface area (Å²) in [6, 6.07) is 0. The Balaban J connectivity index is 2.48. The molecule has 0 aliphatic rings. The largest absolute Gasteiger partial charge is 0.274 e. The van der Waals surface area contributed by atoms with Gasteiger partial charge in [0.2, 0.25) is 15.9 Å². The Morgan fingerprint density at radius 1 is 1.47 bits per heavy atom. The van der Waals surface area contributed by atoms with E-state index in [1.54, 1.807) is 25.2 Å². The van der Waals surface area contributed by atoms with E-state index < -0.39 is 15.3 Å². The first kappa shape index (κ1) is 16.1. The van der Waals surface area contributed by atoms with Crippen LogP contribution in [0.3, 0.4) is 0 Å². The van der Waals surface area contributed by atoms with Crippen molar-refractivity contribution in [2.45, 2.75) is 45.3 Å². The summed E-state index contributed by atoms with van der Waals surface area (Å²) in [4.78, 5) is 16.1. The summed E-state index contributed by atoms with van der Waals surface area (Å²) in [6.07, 6.45) is 1.53. The average molecular weight is 304 g/mol. The van der Waals surface area contributed by atoms with Crippen LogP contribution in [0.15, 0.2) is 5.38 Å². The molecule has 1 amide bonds. The number of aromatic nitrogens is 1. The van der Waals surface area contributed by atoms with E-state index >= 15 is 0 Å². The van der Waals surface area contributed by atoms with E-state index in [1.165, 1.54) is 7.05 Å². The van der Waals surface area contributed by atoms with Gasteiger partial charge in [-0.3, -0.25) is 4.79 Å². The molecule has 0 spiro atoms. The smallest absolute Gasteiger partial charge is 0.239 e. The molecule has 7 heteroatoms. The number of rotatable bonds is 6. The third-order valence-electron chi connectivity index (χ3n) is 2.82. The molecular formula is C12H20N2O3S2. The Labute approximate surface area is 118 Å². The predicted molar refractivity (Wildman–Crippen MR) is 76.6 cm³/mol. The van der Waals surface area contributed by atoms with E-state index in [2.05, 4.69) is 4.98 Å². The molecule has 1 rings (SSSR count). The summed E-state index contributed by atoms with van der Waals surface area (Å²) in [5.41, 5.74) is 0.963. The Bertz CT molecular complexity index is 535. The number of hydrogen-bond donors (Lipinski definition) is 0. The second kappa shape index (κ2) is 6.47. The van der Waals surface area contributed by atoms with Crippen LogP contribution in [0.5, 0.6) is 0 Å². The lowest BCUT2D eigenvalue weighted by molar-refractivity contribution is -0.125. The minimum atomic E-state index is -3.50. The van der Waals surface area contributed by atoms with Crippen LogP contribution in [0.2, 0.25) is 0 Å². The fourth-order valence-electron chi connectivity index (χ4n) is 1.56. The zero-order valence-electron chi connectivity index (χ0n) is 11.7. The highest BCUT2D eigenvalue weighted by Crippen LogP contribution is 2.13. The molecule has 0 saturated carbocycles. The third-order valence-corrected chi connectivity index (χ3v) is 5.80. The van der Waals surface area contributed by atoms with E-state index in [1.807, 2.05) is 12.3 Å². The molecule has 0 atom stereocenters. The van der Waals surface area contributed by atoms with Crippen molar-refractivity contribution in [1.29, 1.82) is 0 Å². The van der Waals surface area contributed by atoms with Crippen LogP contribution in [-0.2, 0) is 21.2 Å². The first-order valence-electron chi connectivity index (χ1n) is 6.16. The van der Waals surface area contributed by atoms with Crippen LogP contribution < -0.4 is 0 Å². The van der Waals surface area contributed by atoms with Gasteiger partial charge in [0.25, 0.3) is 0 Å². The van der Waals surface area contributed by atoms with Crippen LogP contribution in [-0.4, -0.2) is 35.9 Å². The van der Waals surface area contributed by atoms with Gasteiger partial charge in [-0.05, 0) is 33.6 Å². The number of sulfonamides is 1. The van der Waals surface area contributed by atoms with Gasteiger partial charge < -0.3 is 0 Å². The summed E-state index contributed by atoms with van der Waals surface area (Å²) in [5, 5.41) is 2.39. The Morgan fingerprint density at radius 3 is 2.58 bits per heavy atom. The summed E-state index contributed by atoms with van der Waals surface area (Å²) >= 11 is 1.58. The monoisotopic (exact) mass is 304 g/mol. The number of nitrogens with zero attached hydrogens (tertiary/aromatic N) is 2. The maximum Gasteiger partial charge on any atom is 0.239 e. The Morgan fingerprint density at radius 2 is 2.11 bits per heavy atom. The minimum absolute atomic E-state index is 0.221. The van der Waals surface area contributed by atoms with E-state index in [-0.39, 0.29) is 12.3 Å². The van der Waals surface area contributed by atoms with E-state index in [4.69, 9.17) is 0 Å². The maximum atomic E-state index is 11.8. The van der Waals surface area contributed by atoms with Gasteiger partial charge in [0.05, 0.1) is 16.0 Å². The number of aryl methyl sites for hydroxylation is 2. The normalized spacial score (nSPS) is 11.8. The minimum Gasteiger partial charge on any atom is -0.274 e. The molecule has 1 aromatic rings. The zero-order valence-corrected chi connectivity index (χ0v) is 13.3. The van der Waals surface area contributed by atoms with Crippen molar-refractivity contribution in [2.24, 2.45) is 0 Å². The molecule has 5 nitrogen and oxygen atoms in total. The highest BCUT2D eigenvalue weighted by atomic mass is 32.2. The second-order valence-corrected chi connectivity index (χ2v) is 8.25. The van der Waals surface area contributed by atoms with E-state index in [0.717, 1.165) is 15.0 Å². The molecule has 0 aliphatic carbocycles. The van der Waals surface area contributed by atoms with Crippen LogP contribution in [0.25, 0.3) is 0 Å². The summed E-state index contributed by atoms with van der Waals surface area (Å²) < 4.78 is 24.5. The van der Waals surface area contributed by atoms with Crippen LogP contribution in [0, 0.1) is 6.92 Å². The lowest BCUT2D eigenvalue weighted by Crippen LogP contribution is -2.37. The standard InChI is InChI=1S/C12H20N2O3S2/c1-9(2)19(16,17)14(4)12(15)7-5-6-11-8-18-10(3)13-11/h8-9H,5-7H2,1-4H3. The molecule has 0 N–H and O–H groups in total. The molecule has 1 heterocycles. The number of amides is 1. The van der Waals surface area contributed by atoms with Gasteiger partial charge in [0, 0.05) is 18.8 Å². The number of hydrogen-bond acceptors (Lipinski definition) is 5. The van der Waals surface area contributed by atoms with Crippen molar-refractivity contribution >= 4 is 27.3 Å². The lowest BCUT2D eigenvalue weighted by Gasteiger charge is -2.19. The summed E-state index contributed by atoms with van der Waals surface area (Å²) in [5.74, 6) is -0.361. The van der Waals surface area contributed by atoms with E-state index in [0.29, 0.717) is 12.8 Å². The third kappa shape index (κ3) is 4.28. The highest BCUT2D eigenvalue weighted by Gasteiger charge is 2.26. The van der Waals surface area contributed by atoms with Crippen LogP contribution >= 0.6 is 11.3 Å². The van der Waals surface area contributed by atoms with Crippen molar-refractivity contribution in [3.8, 4) is 0 Å². The number of carbonyl (C=O) groups is 1.